The molecule has 0 unspecified atom stereocenters. The Kier molecular flexibility index (Phi) is 27.4. The molecule has 0 saturated carbocycles. The molecule has 0 aliphatic carbocycles. The van der Waals surface area contributed by atoms with Crippen molar-refractivity contribution >= 4 is 0 Å². The number of phenolic OH excluding ortho intramolecular Hbond substituents is 2. The normalized spacial score (nSPS) is 10.8. The smallest absolute Gasteiger partial charge is 0.128 e. The Morgan fingerprint density at radius 3 is 1.11 bits per heavy atom. The van der Waals surface area contributed by atoms with Crippen molar-refractivity contribution in [3.8, 4) is 56.8 Å². The standard InChI is InChI=1S/2C14H14O3.C14H22O2.C11H16O2.C10H14O6/c15-8-10-6-12(9-16)14(17)13(7-10)11-4-2-1-3-5-11;15-8-12-6-11(7-13(9-16)14(12)17)10-4-2-1-3-5-10;1-6-10-7-12(14(2,3)4)8-11(9-16-5)13(10)15;1-4-9-5-8(2)6-10(7-13-3)11(9)12;11-1-5-6(2-12)10(16)8(4-14)7(3-13)9(5)15/h2*1-7,15-17H,8-9H2;7-8,15H,6,9H2,1-5H3;5-6,12H,4,7H2,1-3H3;11-16H,1-4H2. The maximum atomic E-state index is 10.0. The summed E-state index contributed by atoms with van der Waals surface area (Å²) in [6.45, 7) is 10.3. The van der Waals surface area contributed by atoms with E-state index >= 15 is 0 Å². The Hall–Kier alpha value is -7.06. The minimum atomic E-state index is -0.589. The van der Waals surface area contributed by atoms with Gasteiger partial charge < -0.3 is 81.0 Å². The van der Waals surface area contributed by atoms with Gasteiger partial charge in [0.15, 0.2) is 0 Å². The van der Waals surface area contributed by atoms with Crippen molar-refractivity contribution in [2.24, 2.45) is 0 Å². The molecule has 7 rings (SSSR count). The van der Waals surface area contributed by atoms with Crippen LogP contribution < -0.4 is 0 Å². The number of phenols is 6. The van der Waals surface area contributed by atoms with Gasteiger partial charge in [-0.1, -0.05) is 119 Å². The molecule has 7 aromatic carbocycles. The van der Waals surface area contributed by atoms with E-state index in [9.17, 15) is 30.6 Å². The van der Waals surface area contributed by atoms with Crippen LogP contribution in [0.4, 0.5) is 0 Å². The second-order valence-electron chi connectivity index (χ2n) is 19.3. The number of ether oxygens (including phenoxy) is 2. The van der Waals surface area contributed by atoms with Gasteiger partial charge in [0.2, 0.25) is 0 Å². The summed E-state index contributed by atoms with van der Waals surface area (Å²) in [6, 6.07) is 33.9. The lowest BCUT2D eigenvalue weighted by Gasteiger charge is -2.22. The molecular weight excluding hydrogens is 1010 g/mol. The fourth-order valence-corrected chi connectivity index (χ4v) is 8.42. The zero-order valence-corrected chi connectivity index (χ0v) is 46.5. The molecule has 16 nitrogen and oxygen atoms in total. The molecule has 0 fully saturated rings. The SMILES string of the molecule is CCc1cc(C(C)(C)C)cc(COC)c1O.CCc1cc(C)cc(COC)c1O.OCc1c(O)c(CO)c(CO)c(O)c1CO.OCc1cc(-c2ccccc2)cc(CO)c1O.OCc1cc(CO)c(O)c(-c2ccccc2)c1. The topological polar surface area (TPSA) is 302 Å². The maximum absolute atomic E-state index is 10.0. The Morgan fingerprint density at radius 1 is 0.367 bits per heavy atom. The molecule has 0 aliphatic rings. The Bertz CT molecular complexity index is 2890. The lowest BCUT2D eigenvalue weighted by Crippen LogP contribution is -2.12. The number of aryl methyl sites for hydroxylation is 3. The molecule has 0 radical (unpaired) electrons. The third-order valence-corrected chi connectivity index (χ3v) is 12.8. The van der Waals surface area contributed by atoms with E-state index in [-0.39, 0.29) is 65.6 Å². The average molecular weight is 1090 g/mol. The molecule has 7 aromatic rings. The van der Waals surface area contributed by atoms with Crippen molar-refractivity contribution in [2.75, 3.05) is 14.2 Å². The number of benzene rings is 7. The summed E-state index contributed by atoms with van der Waals surface area (Å²) in [5, 5.41) is 132. The summed E-state index contributed by atoms with van der Waals surface area (Å²) < 4.78 is 10.1. The van der Waals surface area contributed by atoms with Crippen LogP contribution >= 0.6 is 0 Å². The van der Waals surface area contributed by atoms with Crippen molar-refractivity contribution in [2.45, 2.75) is 126 Å². The molecular formula is C63H80O16. The van der Waals surface area contributed by atoms with Crippen LogP contribution in [0.25, 0.3) is 22.3 Å². The number of rotatable bonds is 16. The first kappa shape index (κ1) is 66.2. The predicted molar refractivity (Wildman–Crippen MR) is 304 cm³/mol. The molecule has 0 saturated heterocycles. The van der Waals surface area contributed by atoms with E-state index in [0.717, 1.165) is 51.8 Å². The lowest BCUT2D eigenvalue weighted by atomic mass is 9.84. The number of hydrogen-bond acceptors (Lipinski definition) is 16. The number of aliphatic hydroxyl groups is 8. The highest BCUT2D eigenvalue weighted by molar-refractivity contribution is 5.73. The largest absolute Gasteiger partial charge is 0.507 e. The van der Waals surface area contributed by atoms with Gasteiger partial charge in [-0.15, -0.1) is 0 Å². The van der Waals surface area contributed by atoms with E-state index in [1.807, 2.05) is 92.7 Å². The van der Waals surface area contributed by atoms with E-state index < -0.39 is 37.9 Å². The molecule has 0 amide bonds. The van der Waals surface area contributed by atoms with Gasteiger partial charge in [-0.25, -0.2) is 0 Å². The minimum absolute atomic E-state index is 0.0327. The molecule has 0 spiro atoms. The Labute approximate surface area is 463 Å². The molecule has 79 heavy (non-hydrogen) atoms. The van der Waals surface area contributed by atoms with Crippen molar-refractivity contribution in [3.05, 3.63) is 187 Å². The Balaban J connectivity index is 0.000000260. The monoisotopic (exact) mass is 1090 g/mol. The summed E-state index contributed by atoms with van der Waals surface area (Å²) in [5.41, 5.74) is 11.3. The third-order valence-electron chi connectivity index (χ3n) is 12.8. The molecule has 14 N–H and O–H groups in total. The molecule has 0 bridgehead atoms. The highest BCUT2D eigenvalue weighted by Gasteiger charge is 2.22. The number of methoxy groups -OCH3 is 2. The van der Waals surface area contributed by atoms with E-state index in [4.69, 9.17) is 50.3 Å². The van der Waals surface area contributed by atoms with E-state index in [0.29, 0.717) is 52.5 Å². The van der Waals surface area contributed by atoms with Gasteiger partial charge in [-0.05, 0) is 94.5 Å². The summed E-state index contributed by atoms with van der Waals surface area (Å²) in [6.07, 6.45) is 1.69. The zero-order valence-electron chi connectivity index (χ0n) is 46.5. The van der Waals surface area contributed by atoms with Crippen molar-refractivity contribution < 1.29 is 81.0 Å². The second kappa shape index (κ2) is 32.7. The summed E-state index contributed by atoms with van der Waals surface area (Å²) in [7, 11) is 3.28. The number of aromatic hydroxyl groups is 6. The van der Waals surface area contributed by atoms with Crippen LogP contribution in [0.1, 0.15) is 113 Å². The minimum Gasteiger partial charge on any atom is -0.507 e. The fourth-order valence-electron chi connectivity index (χ4n) is 8.42. The highest BCUT2D eigenvalue weighted by atomic mass is 16.5. The summed E-state index contributed by atoms with van der Waals surface area (Å²) >= 11 is 0. The summed E-state index contributed by atoms with van der Waals surface area (Å²) in [4.78, 5) is 0. The van der Waals surface area contributed by atoms with Crippen LogP contribution in [0.2, 0.25) is 0 Å². The van der Waals surface area contributed by atoms with Crippen LogP contribution in [-0.4, -0.2) is 85.7 Å². The van der Waals surface area contributed by atoms with Gasteiger partial charge in [-0.3, -0.25) is 0 Å². The van der Waals surface area contributed by atoms with Gasteiger partial charge >= 0.3 is 0 Å². The first-order valence-corrected chi connectivity index (χ1v) is 25.6. The highest BCUT2D eigenvalue weighted by Crippen LogP contribution is 2.39. The molecule has 0 aromatic heterocycles. The van der Waals surface area contributed by atoms with Crippen LogP contribution in [0.15, 0.2) is 109 Å². The van der Waals surface area contributed by atoms with Crippen LogP contribution in [-0.2, 0) is 93.8 Å². The van der Waals surface area contributed by atoms with Gasteiger partial charge in [0.05, 0.1) is 66.1 Å². The van der Waals surface area contributed by atoms with Crippen LogP contribution in [0, 0.1) is 6.92 Å². The van der Waals surface area contributed by atoms with Gasteiger partial charge in [-0.2, -0.15) is 0 Å². The Morgan fingerprint density at radius 2 is 0.734 bits per heavy atom. The fraction of sp³-hybridized carbons (Fsp3) is 0.333. The molecule has 428 valence electrons. The third kappa shape index (κ3) is 18.0. The maximum Gasteiger partial charge on any atom is 0.128 e. The van der Waals surface area contributed by atoms with E-state index in [1.165, 1.54) is 11.1 Å². The van der Waals surface area contributed by atoms with Crippen molar-refractivity contribution in [3.63, 3.8) is 0 Å². The first-order valence-electron chi connectivity index (χ1n) is 25.6. The quantitative estimate of drug-likeness (QED) is 0.0402. The number of aliphatic hydroxyl groups excluding tert-OH is 8. The van der Waals surface area contributed by atoms with Crippen LogP contribution in [0.5, 0.6) is 34.5 Å². The van der Waals surface area contributed by atoms with Gasteiger partial charge in [0.1, 0.15) is 34.5 Å². The predicted octanol–water partition coefficient (Wildman–Crippen LogP) is 8.96. The van der Waals surface area contributed by atoms with Crippen LogP contribution in [0.3, 0.4) is 0 Å². The molecule has 0 heterocycles. The van der Waals surface area contributed by atoms with E-state index in [2.05, 4.69) is 33.8 Å². The van der Waals surface area contributed by atoms with Crippen molar-refractivity contribution in [1.82, 2.24) is 0 Å². The van der Waals surface area contributed by atoms with Gasteiger partial charge in [0.25, 0.3) is 0 Å². The lowest BCUT2D eigenvalue weighted by molar-refractivity contribution is 0.181. The first-order chi connectivity index (χ1) is 37.7. The molecule has 16 heteroatoms. The van der Waals surface area contributed by atoms with Gasteiger partial charge in [0, 0.05) is 69.9 Å². The van der Waals surface area contributed by atoms with E-state index in [1.54, 1.807) is 38.5 Å². The summed E-state index contributed by atoms with van der Waals surface area (Å²) in [5.74, 6) is -0.0373. The van der Waals surface area contributed by atoms with Crippen molar-refractivity contribution in [1.29, 1.82) is 0 Å². The second-order valence-corrected chi connectivity index (χ2v) is 19.3. The molecule has 0 aliphatic heterocycles. The zero-order chi connectivity index (χ0) is 59.0. The number of hydrogen-bond donors (Lipinski definition) is 14. The molecule has 0 atom stereocenters. The average Bonchev–Trinajstić information content (AvgIpc) is 3.46.